The van der Waals surface area contributed by atoms with E-state index in [2.05, 4.69) is 14.8 Å². The fourth-order valence-electron chi connectivity index (χ4n) is 2.46. The van der Waals surface area contributed by atoms with Crippen molar-refractivity contribution < 1.29 is 13.2 Å². The number of pyridine rings is 1. The third-order valence-corrected chi connectivity index (χ3v) is 5.12. The summed E-state index contributed by atoms with van der Waals surface area (Å²) in [6, 6.07) is 6.63. The summed E-state index contributed by atoms with van der Waals surface area (Å²) in [7, 11) is -2.32. The van der Waals surface area contributed by atoms with Crippen molar-refractivity contribution >= 4 is 21.7 Å². The summed E-state index contributed by atoms with van der Waals surface area (Å²) in [6.45, 7) is 0.600. The maximum Gasteiger partial charge on any atom is 0.265 e. The van der Waals surface area contributed by atoms with Crippen LogP contribution in [-0.4, -0.2) is 33.7 Å². The van der Waals surface area contributed by atoms with Gasteiger partial charge in [0.05, 0.1) is 0 Å². The second-order valence-corrected chi connectivity index (χ2v) is 7.39. The van der Waals surface area contributed by atoms with E-state index in [1.807, 2.05) is 12.1 Å². The molecule has 3 aromatic rings. The van der Waals surface area contributed by atoms with Gasteiger partial charge in [0.2, 0.25) is 0 Å². The van der Waals surface area contributed by atoms with Gasteiger partial charge in [0, 0.05) is 44.4 Å². The predicted octanol–water partition coefficient (Wildman–Crippen LogP) is 0.759. The molecule has 0 unspecified atom stereocenters. The summed E-state index contributed by atoms with van der Waals surface area (Å²) in [5.74, 6) is -0.501. The fraction of sp³-hybridized carbons (Fsp3) is 0.188. The molecule has 0 aromatic carbocycles. The van der Waals surface area contributed by atoms with E-state index in [1.54, 1.807) is 36.4 Å². The predicted molar refractivity (Wildman–Crippen MR) is 94.9 cm³/mol. The maximum atomic E-state index is 12.4. The first-order valence-corrected chi connectivity index (χ1v) is 9.25. The molecular formula is C16H18N6O3S. The monoisotopic (exact) mass is 374 g/mol. The summed E-state index contributed by atoms with van der Waals surface area (Å²) in [6.07, 6.45) is 7.20. The third-order valence-electron chi connectivity index (χ3n) is 3.80. The zero-order valence-electron chi connectivity index (χ0n) is 14.0. The van der Waals surface area contributed by atoms with Gasteiger partial charge in [-0.05, 0) is 30.2 Å². The van der Waals surface area contributed by atoms with Crippen LogP contribution in [0.25, 0.3) is 0 Å². The molecule has 0 spiro atoms. The molecule has 1 amide bonds. The van der Waals surface area contributed by atoms with Crippen LogP contribution in [0.2, 0.25) is 0 Å². The first-order valence-electron chi connectivity index (χ1n) is 7.76. The number of sulfonamides is 1. The van der Waals surface area contributed by atoms with Crippen molar-refractivity contribution in [3.05, 3.63) is 60.3 Å². The van der Waals surface area contributed by atoms with Gasteiger partial charge in [-0.25, -0.2) is 8.42 Å². The number of aromatic nitrogens is 4. The van der Waals surface area contributed by atoms with Crippen molar-refractivity contribution in [2.75, 3.05) is 4.72 Å². The summed E-state index contributed by atoms with van der Waals surface area (Å²) in [5, 5.41) is 4.21. The number of rotatable bonds is 7. The van der Waals surface area contributed by atoms with E-state index >= 15 is 0 Å². The number of nitrogens with zero attached hydrogens (tertiary/aromatic N) is 4. The summed E-state index contributed by atoms with van der Waals surface area (Å²) in [5.41, 5.74) is 6.43. The highest BCUT2D eigenvalue weighted by Gasteiger charge is 2.20. The van der Waals surface area contributed by atoms with Gasteiger partial charge in [-0.15, -0.1) is 0 Å². The lowest BCUT2D eigenvalue weighted by atomic mass is 10.2. The average molecular weight is 374 g/mol. The molecule has 10 heteroatoms. The number of hydrogen-bond acceptors (Lipinski definition) is 5. The Hall–Kier alpha value is -3.14. The number of amides is 1. The Kier molecular flexibility index (Phi) is 4.76. The standard InChI is InChI=1S/C16H18N6O3S/c1-21-11-13(10-14(21)16(17)23)26(24,25)20-15-5-9-22(19-15)8-4-12-2-6-18-7-3-12/h2-3,5-7,9-11H,4,8H2,1H3,(H2,17,23)(H,19,20). The Morgan fingerprint density at radius 2 is 2.00 bits per heavy atom. The highest BCUT2D eigenvalue weighted by Crippen LogP contribution is 2.17. The van der Waals surface area contributed by atoms with Gasteiger partial charge >= 0.3 is 0 Å². The first kappa shape index (κ1) is 17.7. The lowest BCUT2D eigenvalue weighted by Gasteiger charge is -2.04. The van der Waals surface area contributed by atoms with Gasteiger partial charge in [-0.3, -0.25) is 19.2 Å². The van der Waals surface area contributed by atoms with Crippen molar-refractivity contribution in [3.8, 4) is 0 Å². The molecule has 0 fully saturated rings. The van der Waals surface area contributed by atoms with E-state index < -0.39 is 15.9 Å². The second-order valence-electron chi connectivity index (χ2n) is 5.71. The summed E-state index contributed by atoms with van der Waals surface area (Å²) in [4.78, 5) is 15.2. The second kappa shape index (κ2) is 7.00. The molecule has 0 saturated heterocycles. The topological polar surface area (TPSA) is 125 Å². The molecule has 0 bridgehead atoms. The molecule has 136 valence electrons. The number of anilines is 1. The number of carbonyl (C=O) groups is 1. The number of primary amides is 1. The van der Waals surface area contributed by atoms with Crippen molar-refractivity contribution in [3.63, 3.8) is 0 Å². The van der Waals surface area contributed by atoms with Crippen molar-refractivity contribution in [2.24, 2.45) is 12.8 Å². The Balaban J connectivity index is 1.69. The molecule has 3 rings (SSSR count). The zero-order chi connectivity index (χ0) is 18.7. The normalized spacial score (nSPS) is 11.4. The first-order chi connectivity index (χ1) is 12.3. The molecule has 26 heavy (non-hydrogen) atoms. The van der Waals surface area contributed by atoms with E-state index in [-0.39, 0.29) is 16.4 Å². The molecule has 0 saturated carbocycles. The summed E-state index contributed by atoms with van der Waals surface area (Å²) < 4.78 is 30.3. The van der Waals surface area contributed by atoms with Crippen LogP contribution in [0.15, 0.2) is 53.9 Å². The van der Waals surface area contributed by atoms with Gasteiger partial charge in [0.25, 0.3) is 15.9 Å². The van der Waals surface area contributed by atoms with E-state index in [9.17, 15) is 13.2 Å². The number of aryl methyl sites for hydroxylation is 3. The smallest absolute Gasteiger partial charge is 0.265 e. The van der Waals surface area contributed by atoms with Crippen LogP contribution in [0.4, 0.5) is 5.82 Å². The molecule has 0 atom stereocenters. The van der Waals surface area contributed by atoms with Crippen LogP contribution in [0.5, 0.6) is 0 Å². The van der Waals surface area contributed by atoms with Gasteiger partial charge in [-0.2, -0.15) is 5.10 Å². The molecule has 0 aliphatic carbocycles. The third kappa shape index (κ3) is 3.91. The lowest BCUT2D eigenvalue weighted by Crippen LogP contribution is -2.14. The minimum Gasteiger partial charge on any atom is -0.364 e. The van der Waals surface area contributed by atoms with Gasteiger partial charge in [-0.1, -0.05) is 0 Å². The molecular weight excluding hydrogens is 356 g/mol. The zero-order valence-corrected chi connectivity index (χ0v) is 14.8. The molecule has 0 radical (unpaired) electrons. The number of nitrogens with one attached hydrogen (secondary N) is 1. The maximum absolute atomic E-state index is 12.4. The number of carbonyl (C=O) groups excluding carboxylic acids is 1. The quantitative estimate of drug-likeness (QED) is 0.631. The minimum absolute atomic E-state index is 0.0554. The Morgan fingerprint density at radius 1 is 1.27 bits per heavy atom. The van der Waals surface area contributed by atoms with E-state index in [4.69, 9.17) is 5.73 Å². The van der Waals surface area contributed by atoms with Crippen LogP contribution < -0.4 is 10.5 Å². The lowest BCUT2D eigenvalue weighted by molar-refractivity contribution is 0.0992. The van der Waals surface area contributed by atoms with Crippen molar-refractivity contribution in [2.45, 2.75) is 17.9 Å². The van der Waals surface area contributed by atoms with E-state index in [0.29, 0.717) is 6.54 Å². The van der Waals surface area contributed by atoms with Crippen LogP contribution in [0.3, 0.4) is 0 Å². The average Bonchev–Trinajstić information content (AvgIpc) is 3.20. The molecule has 3 N–H and O–H groups in total. The Morgan fingerprint density at radius 3 is 2.65 bits per heavy atom. The Labute approximate surface area is 150 Å². The van der Waals surface area contributed by atoms with Gasteiger partial charge in [0.1, 0.15) is 10.6 Å². The van der Waals surface area contributed by atoms with Crippen LogP contribution >= 0.6 is 0 Å². The fourth-order valence-corrected chi connectivity index (χ4v) is 3.52. The highest BCUT2D eigenvalue weighted by atomic mass is 32.2. The Bertz CT molecular complexity index is 1020. The van der Waals surface area contributed by atoms with E-state index in [1.165, 1.54) is 16.8 Å². The summed E-state index contributed by atoms with van der Waals surface area (Å²) >= 11 is 0. The van der Waals surface area contributed by atoms with E-state index in [0.717, 1.165) is 12.0 Å². The van der Waals surface area contributed by atoms with Crippen molar-refractivity contribution in [1.29, 1.82) is 0 Å². The highest BCUT2D eigenvalue weighted by molar-refractivity contribution is 7.92. The minimum atomic E-state index is -3.86. The molecule has 3 heterocycles. The molecule has 9 nitrogen and oxygen atoms in total. The van der Waals surface area contributed by atoms with Gasteiger partial charge < -0.3 is 10.3 Å². The SMILES string of the molecule is Cn1cc(S(=O)(=O)Nc2ccn(CCc3ccncc3)n2)cc1C(N)=O. The number of nitrogens with two attached hydrogens (primary N) is 1. The van der Waals surface area contributed by atoms with Crippen LogP contribution in [0.1, 0.15) is 16.1 Å². The van der Waals surface area contributed by atoms with Crippen LogP contribution in [-0.2, 0) is 30.0 Å². The van der Waals surface area contributed by atoms with Gasteiger partial charge in [0.15, 0.2) is 5.82 Å². The molecule has 0 aliphatic heterocycles. The number of hydrogen-bond donors (Lipinski definition) is 2. The molecule has 3 aromatic heterocycles. The largest absolute Gasteiger partial charge is 0.364 e. The van der Waals surface area contributed by atoms with Crippen LogP contribution in [0, 0.1) is 0 Å². The molecule has 0 aliphatic rings. The van der Waals surface area contributed by atoms with Crippen molar-refractivity contribution in [1.82, 2.24) is 19.3 Å².